The minimum Gasteiger partial charge on any atom is -0.302 e. The summed E-state index contributed by atoms with van der Waals surface area (Å²) in [5.74, 6) is 0. The van der Waals surface area contributed by atoms with Gasteiger partial charge in [-0.05, 0) is 12.8 Å². The molecule has 0 bridgehead atoms. The summed E-state index contributed by atoms with van der Waals surface area (Å²) in [5, 5.41) is 0. The molecule has 0 N–H and O–H groups in total. The van der Waals surface area contributed by atoms with E-state index in [1.165, 1.54) is 12.8 Å². The first kappa shape index (κ1) is 14.1. The van der Waals surface area contributed by atoms with Gasteiger partial charge in [-0.3, -0.25) is 4.57 Å². The molecule has 2 nitrogen and oxygen atoms in total. The van der Waals surface area contributed by atoms with E-state index in [0.29, 0.717) is 0 Å². The Morgan fingerprint density at radius 3 is 2.07 bits per heavy atom. The van der Waals surface area contributed by atoms with Crippen LogP contribution in [0.4, 0.5) is 4.20 Å². The van der Waals surface area contributed by atoms with E-state index < -0.39 is 7.68 Å². The van der Waals surface area contributed by atoms with Crippen molar-refractivity contribution in [3.05, 3.63) is 0 Å². The quantitative estimate of drug-likeness (QED) is 0.643. The lowest BCUT2D eigenvalue weighted by molar-refractivity contribution is 0.148. The molecule has 0 aromatic rings. The van der Waals surface area contributed by atoms with Crippen molar-refractivity contribution in [3.8, 4) is 0 Å². The lowest BCUT2D eigenvalue weighted by atomic mass is 9.98. The van der Waals surface area contributed by atoms with Crippen molar-refractivity contribution < 1.29 is 13.3 Å². The Labute approximate surface area is 86.8 Å². The summed E-state index contributed by atoms with van der Waals surface area (Å²) in [6, 6.07) is 0. The largest absolute Gasteiger partial charge is 0.364 e. The molecule has 0 aromatic heterocycles. The normalized spacial score (nSPS) is 22.0. The van der Waals surface area contributed by atoms with E-state index in [2.05, 4.69) is 13.8 Å². The Balaban J connectivity index is 0.000000500. The predicted molar refractivity (Wildman–Crippen MR) is 58.6 cm³/mol. The van der Waals surface area contributed by atoms with Crippen molar-refractivity contribution in [2.45, 2.75) is 58.5 Å². The van der Waals surface area contributed by atoms with Gasteiger partial charge < -0.3 is 4.52 Å². The Kier molecular flexibility index (Phi) is 7.48. The van der Waals surface area contributed by atoms with Gasteiger partial charge in [-0.2, -0.15) is 4.20 Å². The van der Waals surface area contributed by atoms with Crippen molar-refractivity contribution in [1.82, 2.24) is 0 Å². The molecule has 86 valence electrons. The molecule has 0 heterocycles. The predicted octanol–water partition coefficient (Wildman–Crippen LogP) is 4.54. The monoisotopic (exact) mass is 224 g/mol. The number of hydrogen-bond acceptors (Lipinski definition) is 2. The van der Waals surface area contributed by atoms with Gasteiger partial charge in [-0.25, -0.2) is 0 Å². The summed E-state index contributed by atoms with van der Waals surface area (Å²) in [5.41, 5.74) is 0. The Morgan fingerprint density at radius 1 is 1.29 bits per heavy atom. The fraction of sp³-hybridized carbons (Fsp3) is 1.00. The molecule has 1 rings (SSSR count). The summed E-state index contributed by atoms with van der Waals surface area (Å²) in [6.07, 6.45) is 6.23. The molecule has 1 unspecified atom stereocenters. The molecule has 0 aromatic carbocycles. The van der Waals surface area contributed by atoms with E-state index in [9.17, 15) is 8.76 Å². The van der Waals surface area contributed by atoms with Crippen LogP contribution in [-0.4, -0.2) is 12.8 Å². The van der Waals surface area contributed by atoms with Gasteiger partial charge in [0.2, 0.25) is 0 Å². The standard InChI is InChI=1S/C7H14FO2P.C3H8/c1-11(8,9)10-7-5-3-2-4-6-7;1-3-2/h7H,2-6H2,1H3;3H2,1-2H3. The SMILES string of the molecule is CCC.CP(=O)(F)OC1CCCCC1. The lowest BCUT2D eigenvalue weighted by Crippen LogP contribution is -2.14. The van der Waals surface area contributed by atoms with Crippen LogP contribution in [-0.2, 0) is 9.09 Å². The average Bonchev–Trinajstić information content (AvgIpc) is 2.04. The Morgan fingerprint density at radius 2 is 1.71 bits per heavy atom. The second kappa shape index (κ2) is 7.42. The minimum atomic E-state index is -3.73. The maximum Gasteiger partial charge on any atom is 0.364 e. The molecule has 1 atom stereocenters. The summed E-state index contributed by atoms with van der Waals surface area (Å²) >= 11 is 0. The summed E-state index contributed by atoms with van der Waals surface area (Å²) in [4.78, 5) is 0. The molecule has 0 amide bonds. The third-order valence-electron chi connectivity index (χ3n) is 1.89. The van der Waals surface area contributed by atoms with Crippen LogP contribution in [0.1, 0.15) is 52.4 Å². The molecule has 4 heteroatoms. The van der Waals surface area contributed by atoms with Crippen LogP contribution >= 0.6 is 7.68 Å². The van der Waals surface area contributed by atoms with Crippen LogP contribution in [0.25, 0.3) is 0 Å². The molecule has 1 saturated carbocycles. The van der Waals surface area contributed by atoms with Gasteiger partial charge in [0.05, 0.1) is 6.10 Å². The second-order valence-corrected chi connectivity index (χ2v) is 5.52. The first-order valence-corrected chi connectivity index (χ1v) is 7.41. The number of rotatable bonds is 2. The fourth-order valence-electron chi connectivity index (χ4n) is 1.44. The van der Waals surface area contributed by atoms with E-state index in [4.69, 9.17) is 4.52 Å². The molecular weight excluding hydrogens is 202 g/mol. The van der Waals surface area contributed by atoms with Gasteiger partial charge in [-0.15, -0.1) is 0 Å². The van der Waals surface area contributed by atoms with Gasteiger partial charge in [0.15, 0.2) is 0 Å². The van der Waals surface area contributed by atoms with Gasteiger partial charge in [0.1, 0.15) is 0 Å². The Bertz CT molecular complexity index is 173. The highest BCUT2D eigenvalue weighted by Gasteiger charge is 2.22. The molecule has 14 heavy (non-hydrogen) atoms. The van der Waals surface area contributed by atoms with E-state index in [1.54, 1.807) is 0 Å². The van der Waals surface area contributed by atoms with Gasteiger partial charge in [-0.1, -0.05) is 39.5 Å². The van der Waals surface area contributed by atoms with E-state index in [0.717, 1.165) is 32.3 Å². The van der Waals surface area contributed by atoms with Crippen LogP contribution in [0.3, 0.4) is 0 Å². The van der Waals surface area contributed by atoms with Crippen LogP contribution in [0.5, 0.6) is 0 Å². The highest BCUT2D eigenvalue weighted by molar-refractivity contribution is 7.52. The van der Waals surface area contributed by atoms with Crippen LogP contribution < -0.4 is 0 Å². The zero-order valence-electron chi connectivity index (χ0n) is 9.46. The van der Waals surface area contributed by atoms with Crippen molar-refractivity contribution in [2.24, 2.45) is 0 Å². The fourth-order valence-corrected chi connectivity index (χ4v) is 2.18. The summed E-state index contributed by atoms with van der Waals surface area (Å²) < 4.78 is 27.9. The van der Waals surface area contributed by atoms with Crippen molar-refractivity contribution >= 4 is 7.68 Å². The molecule has 1 aliphatic rings. The molecule has 1 fully saturated rings. The van der Waals surface area contributed by atoms with Crippen LogP contribution in [0.15, 0.2) is 0 Å². The first-order valence-electron chi connectivity index (χ1n) is 5.45. The van der Waals surface area contributed by atoms with Gasteiger partial charge >= 0.3 is 7.68 Å². The maximum atomic E-state index is 12.5. The molecule has 0 aliphatic heterocycles. The average molecular weight is 224 g/mol. The zero-order chi connectivity index (χ0) is 11.0. The van der Waals surface area contributed by atoms with E-state index >= 15 is 0 Å². The highest BCUT2D eigenvalue weighted by atomic mass is 31.2. The van der Waals surface area contributed by atoms with E-state index in [-0.39, 0.29) is 6.10 Å². The van der Waals surface area contributed by atoms with Crippen molar-refractivity contribution in [2.75, 3.05) is 6.66 Å². The van der Waals surface area contributed by atoms with Gasteiger partial charge in [0, 0.05) is 6.66 Å². The molecule has 0 radical (unpaired) electrons. The molecule has 0 saturated heterocycles. The lowest BCUT2D eigenvalue weighted by Gasteiger charge is -2.21. The Hall–Kier alpha value is 0.120. The first-order chi connectivity index (χ1) is 6.49. The van der Waals surface area contributed by atoms with E-state index in [1.807, 2.05) is 0 Å². The van der Waals surface area contributed by atoms with Crippen molar-refractivity contribution in [3.63, 3.8) is 0 Å². The molecule has 0 spiro atoms. The maximum absolute atomic E-state index is 12.5. The molecule has 1 aliphatic carbocycles. The third-order valence-corrected chi connectivity index (χ3v) is 2.56. The zero-order valence-corrected chi connectivity index (χ0v) is 10.4. The highest BCUT2D eigenvalue weighted by Crippen LogP contribution is 2.47. The summed E-state index contributed by atoms with van der Waals surface area (Å²) in [6.45, 7) is 5.28. The molecular formula is C10H22FO2P. The second-order valence-electron chi connectivity index (χ2n) is 3.82. The number of hydrogen-bond donors (Lipinski definition) is 0. The minimum absolute atomic E-state index is 0.0930. The third kappa shape index (κ3) is 8.71. The topological polar surface area (TPSA) is 26.3 Å². The smallest absolute Gasteiger partial charge is 0.302 e. The van der Waals surface area contributed by atoms with Gasteiger partial charge in [0.25, 0.3) is 0 Å². The van der Waals surface area contributed by atoms with Crippen LogP contribution in [0.2, 0.25) is 0 Å². The summed E-state index contributed by atoms with van der Waals surface area (Å²) in [7, 11) is -3.73. The van der Waals surface area contributed by atoms with Crippen LogP contribution in [0, 0.1) is 0 Å². The van der Waals surface area contributed by atoms with Crippen molar-refractivity contribution in [1.29, 1.82) is 0 Å². The number of halogens is 1.